The van der Waals surface area contributed by atoms with Crippen LogP contribution < -0.4 is 10.0 Å². The lowest BCUT2D eigenvalue weighted by atomic mass is 9.53. The van der Waals surface area contributed by atoms with Crippen molar-refractivity contribution in [2.45, 2.75) is 74.8 Å². The van der Waals surface area contributed by atoms with E-state index in [0.29, 0.717) is 5.02 Å². The van der Waals surface area contributed by atoms with Crippen LogP contribution in [0.2, 0.25) is 5.02 Å². The second-order valence-electron chi connectivity index (χ2n) is 9.87. The fourth-order valence-electron chi connectivity index (χ4n) is 6.10. The first kappa shape index (κ1) is 20.2. The molecule has 1 aromatic rings. The minimum absolute atomic E-state index is 0.0618. The van der Waals surface area contributed by atoms with E-state index in [-0.39, 0.29) is 22.8 Å². The summed E-state index contributed by atoms with van der Waals surface area (Å²) >= 11 is 5.92. The molecule has 2 N–H and O–H groups in total. The summed E-state index contributed by atoms with van der Waals surface area (Å²) in [5.74, 6) is 2.18. The highest BCUT2D eigenvalue weighted by molar-refractivity contribution is 7.89. The molecule has 0 saturated heterocycles. The number of rotatable bonds is 6. The van der Waals surface area contributed by atoms with Crippen LogP contribution in [0.1, 0.15) is 58.8 Å². The van der Waals surface area contributed by atoms with E-state index in [2.05, 4.69) is 10.0 Å². The number of halogens is 1. The van der Waals surface area contributed by atoms with Gasteiger partial charge >= 0.3 is 0 Å². The molecule has 0 radical (unpaired) electrons. The Morgan fingerprint density at radius 2 is 1.71 bits per heavy atom. The minimum atomic E-state index is -3.75. The van der Waals surface area contributed by atoms with Gasteiger partial charge in [0.25, 0.3) is 0 Å². The van der Waals surface area contributed by atoms with Crippen LogP contribution in [-0.4, -0.2) is 25.4 Å². The first-order valence-corrected chi connectivity index (χ1v) is 12.0. The average molecular weight is 425 g/mol. The van der Waals surface area contributed by atoms with Crippen molar-refractivity contribution >= 4 is 27.5 Å². The van der Waals surface area contributed by atoms with E-state index in [4.69, 9.17) is 11.6 Å². The van der Waals surface area contributed by atoms with Crippen LogP contribution in [0.15, 0.2) is 29.2 Å². The number of hydrogen-bond acceptors (Lipinski definition) is 3. The maximum absolute atomic E-state index is 12.9. The summed E-state index contributed by atoms with van der Waals surface area (Å²) in [4.78, 5) is 13.0. The van der Waals surface area contributed by atoms with E-state index in [0.717, 1.165) is 37.0 Å². The third-order valence-electron chi connectivity index (χ3n) is 6.56. The first-order valence-electron chi connectivity index (χ1n) is 10.1. The summed E-state index contributed by atoms with van der Waals surface area (Å²) in [6.07, 6.45) is 7.31. The molecular formula is C21H29ClN2O3S. The standard InChI is InChI=1S/C21H29ClN2O3S/c1-20(2,24-28(26,27)18-5-3-4-17(22)9-18)13-19(25)23-21-10-14-6-15(11-21)8-16(7-14)12-21/h3-5,9,14-16,24H,6-8,10-13H2,1-2H3,(H,23,25). The van der Waals surface area contributed by atoms with Crippen molar-refractivity contribution in [1.82, 2.24) is 10.0 Å². The van der Waals surface area contributed by atoms with Crippen LogP contribution in [0.25, 0.3) is 0 Å². The zero-order chi connectivity index (χ0) is 20.2. The molecule has 4 aliphatic carbocycles. The topological polar surface area (TPSA) is 75.3 Å². The van der Waals surface area contributed by atoms with Gasteiger partial charge in [-0.1, -0.05) is 17.7 Å². The van der Waals surface area contributed by atoms with Crippen LogP contribution in [0.4, 0.5) is 0 Å². The third-order valence-corrected chi connectivity index (χ3v) is 8.49. The van der Waals surface area contributed by atoms with Gasteiger partial charge in [-0.15, -0.1) is 0 Å². The zero-order valence-electron chi connectivity index (χ0n) is 16.5. The summed E-state index contributed by atoms with van der Waals surface area (Å²) in [6, 6.07) is 6.14. The first-order chi connectivity index (χ1) is 13.0. The quantitative estimate of drug-likeness (QED) is 0.727. The molecule has 0 unspecified atom stereocenters. The van der Waals surface area contributed by atoms with Gasteiger partial charge in [0.05, 0.1) is 4.90 Å². The lowest BCUT2D eigenvalue weighted by molar-refractivity contribution is -0.127. The van der Waals surface area contributed by atoms with Crippen molar-refractivity contribution in [2.24, 2.45) is 17.8 Å². The lowest BCUT2D eigenvalue weighted by Gasteiger charge is -2.57. The van der Waals surface area contributed by atoms with Crippen molar-refractivity contribution in [1.29, 1.82) is 0 Å². The van der Waals surface area contributed by atoms with Gasteiger partial charge in [0, 0.05) is 22.5 Å². The smallest absolute Gasteiger partial charge is 0.241 e. The molecule has 1 aromatic carbocycles. The van der Waals surface area contributed by atoms with Crippen molar-refractivity contribution < 1.29 is 13.2 Å². The molecule has 4 aliphatic rings. The summed E-state index contributed by atoms with van der Waals surface area (Å²) in [5, 5.41) is 3.68. The Hall–Kier alpha value is -1.11. The second kappa shape index (κ2) is 6.99. The van der Waals surface area contributed by atoms with Gasteiger partial charge in [-0.3, -0.25) is 4.79 Å². The molecule has 4 fully saturated rings. The van der Waals surface area contributed by atoms with Crippen LogP contribution >= 0.6 is 11.6 Å². The molecule has 28 heavy (non-hydrogen) atoms. The molecule has 0 heterocycles. The SMILES string of the molecule is CC(C)(CC(=O)NC12CC3CC(CC(C3)C1)C2)NS(=O)(=O)c1cccc(Cl)c1. The van der Waals surface area contributed by atoms with E-state index >= 15 is 0 Å². The van der Waals surface area contributed by atoms with Crippen molar-refractivity contribution in [3.05, 3.63) is 29.3 Å². The van der Waals surface area contributed by atoms with Gasteiger partial charge in [0.15, 0.2) is 0 Å². The highest BCUT2D eigenvalue weighted by Crippen LogP contribution is 2.55. The van der Waals surface area contributed by atoms with Crippen LogP contribution in [-0.2, 0) is 14.8 Å². The van der Waals surface area contributed by atoms with Gasteiger partial charge in [-0.25, -0.2) is 13.1 Å². The predicted octanol–water partition coefficient (Wildman–Crippen LogP) is 3.87. The Kier molecular flexibility index (Phi) is 5.04. The summed E-state index contributed by atoms with van der Waals surface area (Å²) in [6.45, 7) is 3.49. The van der Waals surface area contributed by atoms with Crippen LogP contribution in [0, 0.1) is 17.8 Å². The Morgan fingerprint density at radius 1 is 1.14 bits per heavy atom. The summed E-state index contributed by atoms with van der Waals surface area (Å²) in [5.41, 5.74) is -0.957. The normalized spacial score (nSPS) is 31.8. The highest BCUT2D eigenvalue weighted by Gasteiger charge is 2.51. The largest absolute Gasteiger partial charge is 0.351 e. The van der Waals surface area contributed by atoms with Gasteiger partial charge in [-0.2, -0.15) is 0 Å². The molecule has 5 rings (SSSR count). The van der Waals surface area contributed by atoms with Gasteiger partial charge in [-0.05, 0) is 88.3 Å². The number of carbonyl (C=O) groups is 1. The number of amides is 1. The Bertz CT molecular complexity index is 846. The van der Waals surface area contributed by atoms with Crippen molar-refractivity contribution in [3.63, 3.8) is 0 Å². The van der Waals surface area contributed by atoms with E-state index in [1.165, 1.54) is 31.4 Å². The fourth-order valence-corrected chi connectivity index (χ4v) is 7.81. The molecule has 0 spiro atoms. The number of carbonyl (C=O) groups excluding carboxylic acids is 1. The van der Waals surface area contributed by atoms with Gasteiger partial charge in [0.1, 0.15) is 0 Å². The monoisotopic (exact) mass is 424 g/mol. The molecule has 0 aromatic heterocycles. The molecule has 4 saturated carbocycles. The molecule has 1 amide bonds. The van der Waals surface area contributed by atoms with Crippen molar-refractivity contribution in [2.75, 3.05) is 0 Å². The van der Waals surface area contributed by atoms with E-state index in [9.17, 15) is 13.2 Å². The fraction of sp³-hybridized carbons (Fsp3) is 0.667. The predicted molar refractivity (Wildman–Crippen MR) is 110 cm³/mol. The maximum atomic E-state index is 12.9. The Labute approximate surface area is 172 Å². The lowest BCUT2D eigenvalue weighted by Crippen LogP contribution is -2.60. The van der Waals surface area contributed by atoms with Crippen LogP contribution in [0.3, 0.4) is 0 Å². The third kappa shape index (κ3) is 4.24. The summed E-state index contributed by atoms with van der Waals surface area (Å²) in [7, 11) is -3.75. The Morgan fingerprint density at radius 3 is 2.25 bits per heavy atom. The maximum Gasteiger partial charge on any atom is 0.241 e. The molecule has 154 valence electrons. The highest BCUT2D eigenvalue weighted by atomic mass is 35.5. The molecule has 0 atom stereocenters. The zero-order valence-corrected chi connectivity index (χ0v) is 18.1. The number of nitrogens with one attached hydrogen (secondary N) is 2. The number of benzene rings is 1. The van der Waals surface area contributed by atoms with Gasteiger partial charge < -0.3 is 5.32 Å². The number of hydrogen-bond donors (Lipinski definition) is 2. The van der Waals surface area contributed by atoms with Crippen LogP contribution in [0.5, 0.6) is 0 Å². The van der Waals surface area contributed by atoms with E-state index in [1.807, 2.05) is 0 Å². The molecule has 5 nitrogen and oxygen atoms in total. The molecule has 7 heteroatoms. The van der Waals surface area contributed by atoms with Gasteiger partial charge in [0.2, 0.25) is 15.9 Å². The molecule has 4 bridgehead atoms. The summed E-state index contributed by atoms with van der Waals surface area (Å²) < 4.78 is 28.0. The average Bonchev–Trinajstić information content (AvgIpc) is 2.50. The second-order valence-corrected chi connectivity index (χ2v) is 12.0. The minimum Gasteiger partial charge on any atom is -0.351 e. The molecule has 0 aliphatic heterocycles. The number of sulfonamides is 1. The Balaban J connectivity index is 1.41. The molecular weight excluding hydrogens is 396 g/mol. The van der Waals surface area contributed by atoms with E-state index in [1.54, 1.807) is 26.0 Å². The van der Waals surface area contributed by atoms with Crippen molar-refractivity contribution in [3.8, 4) is 0 Å². The van der Waals surface area contributed by atoms with E-state index < -0.39 is 15.6 Å².